The van der Waals surface area contributed by atoms with Crippen molar-refractivity contribution in [1.82, 2.24) is 14.9 Å². The monoisotopic (exact) mass is 271 g/mol. The Hall–Kier alpha value is -2.27. The summed E-state index contributed by atoms with van der Waals surface area (Å²) in [5.41, 5.74) is 0. The van der Waals surface area contributed by atoms with Crippen molar-refractivity contribution in [2.24, 2.45) is 7.05 Å². The average Bonchev–Trinajstić information content (AvgIpc) is 3.18. The van der Waals surface area contributed by atoms with Crippen LogP contribution in [-0.4, -0.2) is 9.55 Å². The van der Waals surface area contributed by atoms with Crippen LogP contribution in [0.3, 0.4) is 0 Å². The molecule has 3 heterocycles. The van der Waals surface area contributed by atoms with Crippen molar-refractivity contribution < 1.29 is 8.83 Å². The van der Waals surface area contributed by atoms with E-state index in [9.17, 15) is 0 Å². The van der Waals surface area contributed by atoms with Gasteiger partial charge in [-0.2, -0.15) is 0 Å². The first-order chi connectivity index (χ1) is 9.75. The molecule has 0 saturated heterocycles. The summed E-state index contributed by atoms with van der Waals surface area (Å²) < 4.78 is 13.0. The van der Waals surface area contributed by atoms with Crippen LogP contribution in [0, 0.1) is 0 Å². The van der Waals surface area contributed by atoms with Gasteiger partial charge in [0.2, 0.25) is 0 Å². The minimum atomic E-state index is -0.120. The lowest BCUT2D eigenvalue weighted by Crippen LogP contribution is -2.27. The number of aryl methyl sites for hydroxylation is 1. The fraction of sp³-hybridized carbons (Fsp3) is 0.267. The third kappa shape index (κ3) is 2.40. The largest absolute Gasteiger partial charge is 0.468 e. The van der Waals surface area contributed by atoms with Crippen molar-refractivity contribution in [3.63, 3.8) is 0 Å². The van der Waals surface area contributed by atoms with Crippen LogP contribution in [0.15, 0.2) is 58.0 Å². The van der Waals surface area contributed by atoms with E-state index in [1.165, 1.54) is 0 Å². The maximum atomic E-state index is 5.55. The Labute approximate surface area is 117 Å². The number of nitrogens with zero attached hydrogens (tertiary/aromatic N) is 2. The molecule has 0 aliphatic heterocycles. The summed E-state index contributed by atoms with van der Waals surface area (Å²) in [5.74, 6) is 2.62. The predicted octanol–water partition coefficient (Wildman–Crippen LogP) is 3.05. The highest BCUT2D eigenvalue weighted by Crippen LogP contribution is 2.25. The van der Waals surface area contributed by atoms with Crippen LogP contribution in [0.2, 0.25) is 0 Å². The second kappa shape index (κ2) is 5.38. The summed E-state index contributed by atoms with van der Waals surface area (Å²) in [7, 11) is 1.97. The zero-order chi connectivity index (χ0) is 13.9. The second-order valence-electron chi connectivity index (χ2n) is 4.75. The standard InChI is InChI=1S/C15H17N3O2/c1-11(12-5-3-9-19-12)17-14(13-6-4-10-20-13)15-16-7-8-18(15)2/h3-11,14,17H,1-2H3. The molecule has 3 rings (SSSR count). The van der Waals surface area contributed by atoms with E-state index in [4.69, 9.17) is 8.83 Å². The van der Waals surface area contributed by atoms with Gasteiger partial charge in [0.05, 0.1) is 18.6 Å². The number of aromatic nitrogens is 2. The molecule has 3 aromatic rings. The molecule has 0 saturated carbocycles. The molecule has 0 aliphatic rings. The van der Waals surface area contributed by atoms with Crippen LogP contribution in [0.4, 0.5) is 0 Å². The van der Waals surface area contributed by atoms with Crippen molar-refractivity contribution in [2.45, 2.75) is 19.0 Å². The summed E-state index contributed by atoms with van der Waals surface area (Å²) in [5, 5.41) is 3.49. The number of hydrogen-bond donors (Lipinski definition) is 1. The van der Waals surface area contributed by atoms with Crippen LogP contribution in [0.1, 0.15) is 36.4 Å². The Bertz CT molecular complexity index is 641. The first-order valence-electron chi connectivity index (χ1n) is 6.56. The summed E-state index contributed by atoms with van der Waals surface area (Å²) in [6, 6.07) is 7.60. The number of rotatable bonds is 5. The van der Waals surface area contributed by atoms with E-state index >= 15 is 0 Å². The van der Waals surface area contributed by atoms with Gasteiger partial charge in [-0.15, -0.1) is 0 Å². The first-order valence-corrected chi connectivity index (χ1v) is 6.56. The van der Waals surface area contributed by atoms with Crippen LogP contribution < -0.4 is 5.32 Å². The normalized spacial score (nSPS) is 14.3. The van der Waals surface area contributed by atoms with E-state index in [1.54, 1.807) is 18.7 Å². The van der Waals surface area contributed by atoms with E-state index in [-0.39, 0.29) is 12.1 Å². The van der Waals surface area contributed by atoms with Gasteiger partial charge in [-0.3, -0.25) is 5.32 Å². The zero-order valence-electron chi connectivity index (χ0n) is 11.5. The van der Waals surface area contributed by atoms with E-state index in [2.05, 4.69) is 17.2 Å². The van der Waals surface area contributed by atoms with Crippen LogP contribution in [-0.2, 0) is 7.05 Å². The van der Waals surface area contributed by atoms with Gasteiger partial charge in [0, 0.05) is 19.4 Å². The van der Waals surface area contributed by atoms with Gasteiger partial charge >= 0.3 is 0 Å². The maximum absolute atomic E-state index is 5.55. The van der Waals surface area contributed by atoms with Crippen molar-refractivity contribution in [1.29, 1.82) is 0 Å². The van der Waals surface area contributed by atoms with Gasteiger partial charge in [-0.1, -0.05) is 0 Å². The molecule has 5 nitrogen and oxygen atoms in total. The molecule has 0 aliphatic carbocycles. The van der Waals surface area contributed by atoms with E-state index < -0.39 is 0 Å². The van der Waals surface area contributed by atoms with E-state index in [1.807, 2.05) is 42.1 Å². The lowest BCUT2D eigenvalue weighted by atomic mass is 10.1. The third-order valence-corrected chi connectivity index (χ3v) is 3.33. The lowest BCUT2D eigenvalue weighted by Gasteiger charge is -2.20. The second-order valence-corrected chi connectivity index (χ2v) is 4.75. The van der Waals surface area contributed by atoms with Crippen LogP contribution in [0.25, 0.3) is 0 Å². The molecule has 0 bridgehead atoms. The van der Waals surface area contributed by atoms with Gasteiger partial charge in [0.1, 0.15) is 23.4 Å². The highest BCUT2D eigenvalue weighted by atomic mass is 16.3. The third-order valence-electron chi connectivity index (χ3n) is 3.33. The summed E-state index contributed by atoms with van der Waals surface area (Å²) in [6.07, 6.45) is 7.05. The van der Waals surface area contributed by atoms with Crippen molar-refractivity contribution in [2.75, 3.05) is 0 Å². The van der Waals surface area contributed by atoms with Gasteiger partial charge in [0.15, 0.2) is 0 Å². The minimum absolute atomic E-state index is 0.0526. The van der Waals surface area contributed by atoms with E-state index in [0.717, 1.165) is 17.3 Å². The summed E-state index contributed by atoms with van der Waals surface area (Å²) >= 11 is 0. The zero-order valence-corrected chi connectivity index (χ0v) is 11.5. The highest BCUT2D eigenvalue weighted by molar-refractivity contribution is 5.17. The highest BCUT2D eigenvalue weighted by Gasteiger charge is 2.24. The van der Waals surface area contributed by atoms with Gasteiger partial charge < -0.3 is 13.4 Å². The fourth-order valence-electron chi connectivity index (χ4n) is 2.26. The number of imidazole rings is 1. The first kappa shape index (κ1) is 12.7. The molecule has 2 unspecified atom stereocenters. The minimum Gasteiger partial charge on any atom is -0.468 e. The van der Waals surface area contributed by atoms with Gasteiger partial charge in [-0.05, 0) is 31.2 Å². The van der Waals surface area contributed by atoms with Crippen molar-refractivity contribution in [3.8, 4) is 0 Å². The average molecular weight is 271 g/mol. The smallest absolute Gasteiger partial charge is 0.133 e. The van der Waals surface area contributed by atoms with Crippen molar-refractivity contribution >= 4 is 0 Å². The molecule has 104 valence electrons. The SMILES string of the molecule is CC(NC(c1ccco1)c1nccn1C)c1ccco1. The Balaban J connectivity index is 1.89. The number of nitrogens with one attached hydrogen (secondary N) is 1. The molecule has 20 heavy (non-hydrogen) atoms. The number of hydrogen-bond acceptors (Lipinski definition) is 4. The Kier molecular flexibility index (Phi) is 3.43. The molecule has 0 amide bonds. The Morgan fingerprint density at radius 2 is 1.85 bits per heavy atom. The molecule has 3 aromatic heterocycles. The molecule has 5 heteroatoms. The molecule has 0 fully saturated rings. The van der Waals surface area contributed by atoms with Crippen LogP contribution >= 0.6 is 0 Å². The van der Waals surface area contributed by atoms with E-state index in [0.29, 0.717) is 0 Å². The summed E-state index contributed by atoms with van der Waals surface area (Å²) in [6.45, 7) is 2.05. The maximum Gasteiger partial charge on any atom is 0.133 e. The molecular formula is C15H17N3O2. The molecule has 0 aromatic carbocycles. The van der Waals surface area contributed by atoms with Gasteiger partial charge in [-0.25, -0.2) is 4.98 Å². The predicted molar refractivity (Wildman–Crippen MR) is 74.0 cm³/mol. The fourth-order valence-corrected chi connectivity index (χ4v) is 2.26. The number of furan rings is 2. The topological polar surface area (TPSA) is 56.1 Å². The van der Waals surface area contributed by atoms with Crippen LogP contribution in [0.5, 0.6) is 0 Å². The summed E-state index contributed by atoms with van der Waals surface area (Å²) in [4.78, 5) is 4.42. The molecular weight excluding hydrogens is 254 g/mol. The molecule has 2 atom stereocenters. The Morgan fingerprint density at radius 3 is 2.40 bits per heavy atom. The molecule has 0 spiro atoms. The molecule has 1 N–H and O–H groups in total. The lowest BCUT2D eigenvalue weighted by molar-refractivity contribution is 0.367. The van der Waals surface area contributed by atoms with Crippen molar-refractivity contribution in [3.05, 3.63) is 66.5 Å². The van der Waals surface area contributed by atoms with Gasteiger partial charge in [0.25, 0.3) is 0 Å². The Morgan fingerprint density at radius 1 is 1.15 bits per heavy atom. The quantitative estimate of drug-likeness (QED) is 0.775. The molecule has 0 radical (unpaired) electrons.